The number of hydrogen-bond donors (Lipinski definition) is 2. The Morgan fingerprint density at radius 1 is 1.14 bits per heavy atom. The maximum absolute atomic E-state index is 8.38. The first-order valence-electron chi connectivity index (χ1n) is 4.20. The quantitative estimate of drug-likeness (QED) is 0.552. The molecule has 2 N–H and O–H groups in total. The van der Waals surface area contributed by atoms with Crippen LogP contribution in [0.1, 0.15) is 0 Å². The van der Waals surface area contributed by atoms with E-state index in [0.29, 0.717) is 5.75 Å². The standard InChI is InChI=1S/C10H10N2O2/c13-14-10-5-3-9(4-6-10)12-8-2-1-7-11-12/h1-8,11,13H. The van der Waals surface area contributed by atoms with Crippen molar-refractivity contribution < 1.29 is 10.1 Å². The Bertz CT molecular complexity index is 357. The van der Waals surface area contributed by atoms with E-state index in [9.17, 15) is 0 Å². The third-order valence-corrected chi connectivity index (χ3v) is 1.88. The molecule has 2 rings (SSSR count). The van der Waals surface area contributed by atoms with Gasteiger partial charge in [0, 0.05) is 12.4 Å². The predicted octanol–water partition coefficient (Wildman–Crippen LogP) is 1.89. The lowest BCUT2D eigenvalue weighted by molar-refractivity contribution is -0.137. The first-order chi connectivity index (χ1) is 6.90. The number of nitrogens with zero attached hydrogens (tertiary/aromatic N) is 1. The number of hydrazine groups is 1. The van der Waals surface area contributed by atoms with Gasteiger partial charge < -0.3 is 10.3 Å². The van der Waals surface area contributed by atoms with E-state index in [1.54, 1.807) is 12.1 Å². The highest BCUT2D eigenvalue weighted by Gasteiger charge is 2.02. The van der Waals surface area contributed by atoms with E-state index in [-0.39, 0.29) is 0 Å². The lowest BCUT2D eigenvalue weighted by Crippen LogP contribution is -2.29. The van der Waals surface area contributed by atoms with Gasteiger partial charge in [-0.05, 0) is 36.4 Å². The van der Waals surface area contributed by atoms with Crippen LogP contribution in [0.15, 0.2) is 48.8 Å². The van der Waals surface area contributed by atoms with Crippen molar-refractivity contribution in [2.75, 3.05) is 5.01 Å². The molecular weight excluding hydrogens is 180 g/mol. The fraction of sp³-hybridized carbons (Fsp3) is 0. The molecule has 0 saturated heterocycles. The van der Waals surface area contributed by atoms with Gasteiger partial charge in [0.15, 0.2) is 5.75 Å². The highest BCUT2D eigenvalue weighted by molar-refractivity contribution is 5.51. The summed E-state index contributed by atoms with van der Waals surface area (Å²) in [4.78, 5) is 4.09. The van der Waals surface area contributed by atoms with Crippen molar-refractivity contribution in [3.05, 3.63) is 48.8 Å². The lowest BCUT2D eigenvalue weighted by Gasteiger charge is -2.21. The molecular formula is C10H10N2O2. The largest absolute Gasteiger partial charge is 0.340 e. The Morgan fingerprint density at radius 3 is 2.50 bits per heavy atom. The monoisotopic (exact) mass is 190 g/mol. The van der Waals surface area contributed by atoms with E-state index in [0.717, 1.165) is 5.69 Å². The average Bonchev–Trinajstić information content (AvgIpc) is 2.30. The molecule has 1 aliphatic heterocycles. The molecule has 1 aliphatic rings. The molecule has 72 valence electrons. The maximum Gasteiger partial charge on any atom is 0.165 e. The zero-order chi connectivity index (χ0) is 9.80. The van der Waals surface area contributed by atoms with Gasteiger partial charge in [-0.25, -0.2) is 5.26 Å². The Hall–Kier alpha value is -1.94. The summed E-state index contributed by atoms with van der Waals surface area (Å²) < 4.78 is 0. The van der Waals surface area contributed by atoms with Crippen LogP contribution in [-0.4, -0.2) is 5.26 Å². The van der Waals surface area contributed by atoms with Crippen LogP contribution < -0.4 is 15.3 Å². The maximum atomic E-state index is 8.38. The van der Waals surface area contributed by atoms with Crippen LogP contribution in [0.5, 0.6) is 5.75 Å². The van der Waals surface area contributed by atoms with Crippen molar-refractivity contribution in [3.63, 3.8) is 0 Å². The Balaban J connectivity index is 2.16. The van der Waals surface area contributed by atoms with Gasteiger partial charge in [-0.3, -0.25) is 5.01 Å². The molecule has 0 saturated carbocycles. The van der Waals surface area contributed by atoms with Crippen molar-refractivity contribution in [1.29, 1.82) is 0 Å². The van der Waals surface area contributed by atoms with Gasteiger partial charge in [-0.15, -0.1) is 0 Å². The summed E-state index contributed by atoms with van der Waals surface area (Å²) in [5.74, 6) is 0.422. The van der Waals surface area contributed by atoms with Crippen LogP contribution in [0.2, 0.25) is 0 Å². The smallest absolute Gasteiger partial charge is 0.165 e. The molecule has 1 aromatic carbocycles. The van der Waals surface area contributed by atoms with E-state index in [2.05, 4.69) is 10.3 Å². The lowest BCUT2D eigenvalue weighted by atomic mass is 10.3. The molecule has 0 spiro atoms. The highest BCUT2D eigenvalue weighted by Crippen LogP contribution is 2.18. The second kappa shape index (κ2) is 3.85. The third kappa shape index (κ3) is 1.70. The zero-order valence-corrected chi connectivity index (χ0v) is 7.42. The number of anilines is 1. The minimum atomic E-state index is 0.422. The van der Waals surface area contributed by atoms with Crippen LogP contribution in [0.3, 0.4) is 0 Å². The van der Waals surface area contributed by atoms with Crippen LogP contribution in [0.4, 0.5) is 5.69 Å². The third-order valence-electron chi connectivity index (χ3n) is 1.88. The summed E-state index contributed by atoms with van der Waals surface area (Å²) in [7, 11) is 0. The van der Waals surface area contributed by atoms with Crippen molar-refractivity contribution in [3.8, 4) is 5.75 Å². The van der Waals surface area contributed by atoms with Crippen molar-refractivity contribution >= 4 is 5.69 Å². The number of hydrogen-bond acceptors (Lipinski definition) is 4. The Morgan fingerprint density at radius 2 is 1.93 bits per heavy atom. The van der Waals surface area contributed by atoms with Gasteiger partial charge >= 0.3 is 0 Å². The molecule has 0 amide bonds. The van der Waals surface area contributed by atoms with Crippen LogP contribution in [0, 0.1) is 0 Å². The zero-order valence-electron chi connectivity index (χ0n) is 7.42. The Kier molecular flexibility index (Phi) is 2.38. The molecule has 0 aromatic heterocycles. The molecule has 1 heterocycles. The molecule has 4 heteroatoms. The number of benzene rings is 1. The summed E-state index contributed by atoms with van der Waals surface area (Å²) in [6.07, 6.45) is 7.56. The van der Waals surface area contributed by atoms with E-state index < -0.39 is 0 Å². The summed E-state index contributed by atoms with van der Waals surface area (Å²) in [5.41, 5.74) is 4.00. The molecule has 0 bridgehead atoms. The van der Waals surface area contributed by atoms with E-state index >= 15 is 0 Å². The molecule has 0 unspecified atom stereocenters. The molecule has 0 aliphatic carbocycles. The van der Waals surface area contributed by atoms with Gasteiger partial charge in [0.25, 0.3) is 0 Å². The highest BCUT2D eigenvalue weighted by atomic mass is 17.1. The van der Waals surface area contributed by atoms with Crippen molar-refractivity contribution in [2.45, 2.75) is 0 Å². The topological polar surface area (TPSA) is 44.7 Å². The summed E-state index contributed by atoms with van der Waals surface area (Å²) in [5, 5.41) is 10.2. The van der Waals surface area contributed by atoms with Gasteiger partial charge in [-0.1, -0.05) is 0 Å². The Labute approximate surface area is 81.6 Å². The summed E-state index contributed by atoms with van der Waals surface area (Å²) >= 11 is 0. The normalized spacial score (nSPS) is 13.9. The summed E-state index contributed by atoms with van der Waals surface area (Å²) in [6, 6.07) is 7.04. The molecule has 14 heavy (non-hydrogen) atoms. The number of allylic oxidation sites excluding steroid dienone is 2. The average molecular weight is 190 g/mol. The molecule has 0 radical (unpaired) electrons. The first kappa shape index (κ1) is 8.65. The molecule has 1 aromatic rings. The molecule has 0 fully saturated rings. The fourth-order valence-electron chi connectivity index (χ4n) is 1.19. The van der Waals surface area contributed by atoms with Gasteiger partial charge in [-0.2, -0.15) is 0 Å². The van der Waals surface area contributed by atoms with Crippen LogP contribution in [-0.2, 0) is 0 Å². The second-order valence-electron chi connectivity index (χ2n) is 2.78. The number of rotatable bonds is 2. The first-order valence-corrected chi connectivity index (χ1v) is 4.20. The minimum absolute atomic E-state index is 0.422. The summed E-state index contributed by atoms with van der Waals surface area (Å²) in [6.45, 7) is 0. The van der Waals surface area contributed by atoms with Crippen molar-refractivity contribution in [1.82, 2.24) is 5.43 Å². The van der Waals surface area contributed by atoms with E-state index in [1.807, 2.05) is 41.7 Å². The van der Waals surface area contributed by atoms with E-state index in [4.69, 9.17) is 5.26 Å². The minimum Gasteiger partial charge on any atom is -0.340 e. The fourth-order valence-corrected chi connectivity index (χ4v) is 1.19. The second-order valence-corrected chi connectivity index (χ2v) is 2.78. The predicted molar refractivity (Wildman–Crippen MR) is 53.6 cm³/mol. The molecule has 4 nitrogen and oxygen atoms in total. The van der Waals surface area contributed by atoms with Crippen LogP contribution in [0.25, 0.3) is 0 Å². The SMILES string of the molecule is OOc1ccc(N2C=CC=CN2)cc1. The van der Waals surface area contributed by atoms with Crippen molar-refractivity contribution in [2.24, 2.45) is 0 Å². The van der Waals surface area contributed by atoms with Gasteiger partial charge in [0.2, 0.25) is 0 Å². The molecule has 0 atom stereocenters. The van der Waals surface area contributed by atoms with Crippen LogP contribution >= 0.6 is 0 Å². The number of nitrogens with one attached hydrogen (secondary N) is 1. The van der Waals surface area contributed by atoms with E-state index in [1.165, 1.54) is 0 Å². The van der Waals surface area contributed by atoms with Gasteiger partial charge in [0.05, 0.1) is 5.69 Å². The van der Waals surface area contributed by atoms with Gasteiger partial charge in [0.1, 0.15) is 0 Å².